The van der Waals surface area contributed by atoms with Crippen LogP contribution in [0.3, 0.4) is 0 Å². The molecule has 0 saturated carbocycles. The zero-order chi connectivity index (χ0) is 17.5. The van der Waals surface area contributed by atoms with Crippen molar-refractivity contribution in [2.75, 3.05) is 32.9 Å². The van der Waals surface area contributed by atoms with Crippen molar-refractivity contribution in [3.05, 3.63) is 47.2 Å². The summed E-state index contributed by atoms with van der Waals surface area (Å²) in [5.41, 5.74) is 2.33. The molecule has 2 heterocycles. The van der Waals surface area contributed by atoms with Gasteiger partial charge in [0.2, 0.25) is 0 Å². The van der Waals surface area contributed by atoms with Crippen LogP contribution in [0.1, 0.15) is 16.9 Å². The normalized spacial score (nSPS) is 15.1. The number of benzene rings is 1. The smallest absolute Gasteiger partial charge is 0.258 e. The maximum atomic E-state index is 12.0. The van der Waals surface area contributed by atoms with Crippen molar-refractivity contribution in [3.63, 3.8) is 0 Å². The van der Waals surface area contributed by atoms with Crippen LogP contribution in [0.15, 0.2) is 34.9 Å². The molecule has 25 heavy (non-hydrogen) atoms. The summed E-state index contributed by atoms with van der Waals surface area (Å²) < 4.78 is 15.6. The predicted octanol–water partition coefficient (Wildman–Crippen LogP) is 1.51. The van der Waals surface area contributed by atoms with E-state index in [1.807, 2.05) is 18.2 Å². The number of nitrogens with one attached hydrogen (secondary N) is 1. The predicted molar refractivity (Wildman–Crippen MR) is 91.1 cm³/mol. The monoisotopic (exact) mass is 345 g/mol. The first-order chi connectivity index (χ1) is 12.2. The molecule has 1 aromatic heterocycles. The van der Waals surface area contributed by atoms with Crippen molar-refractivity contribution < 1.29 is 18.8 Å². The fourth-order valence-corrected chi connectivity index (χ4v) is 2.68. The molecule has 0 unspecified atom stereocenters. The van der Waals surface area contributed by atoms with Gasteiger partial charge in [-0.2, -0.15) is 0 Å². The molecule has 1 aromatic carbocycles. The van der Waals surface area contributed by atoms with Crippen molar-refractivity contribution >= 4 is 5.91 Å². The molecule has 7 nitrogen and oxygen atoms in total. The van der Waals surface area contributed by atoms with Gasteiger partial charge >= 0.3 is 0 Å². The third kappa shape index (κ3) is 5.30. The number of morpholine rings is 1. The summed E-state index contributed by atoms with van der Waals surface area (Å²) in [5, 5.41) is 6.58. The maximum absolute atomic E-state index is 12.0. The Kier molecular flexibility index (Phi) is 6.03. The SMILES string of the molecule is Cc1cc(OCC(=O)NCc2ccccc2CN2CCOCC2)no1. The second kappa shape index (κ2) is 8.64. The standard InChI is InChI=1S/C18H23N3O4/c1-14-10-18(20-25-14)24-13-17(22)19-11-15-4-2-3-5-16(15)12-21-6-8-23-9-7-21/h2-5,10H,6-9,11-13H2,1H3,(H,19,22). The number of ether oxygens (including phenoxy) is 2. The van der Waals surface area contributed by atoms with E-state index in [0.29, 0.717) is 18.2 Å². The molecule has 3 rings (SSSR count). The van der Waals surface area contributed by atoms with Gasteiger partial charge in [0, 0.05) is 32.2 Å². The maximum Gasteiger partial charge on any atom is 0.258 e. The van der Waals surface area contributed by atoms with Crippen LogP contribution in [0, 0.1) is 6.92 Å². The van der Waals surface area contributed by atoms with Crippen LogP contribution in [-0.4, -0.2) is 48.9 Å². The molecule has 0 atom stereocenters. The quantitative estimate of drug-likeness (QED) is 0.820. The summed E-state index contributed by atoms with van der Waals surface area (Å²) in [6.45, 7) is 6.44. The lowest BCUT2D eigenvalue weighted by atomic mass is 10.1. The largest absolute Gasteiger partial charge is 0.465 e. The van der Waals surface area contributed by atoms with E-state index in [4.69, 9.17) is 14.0 Å². The van der Waals surface area contributed by atoms with Crippen molar-refractivity contribution in [1.82, 2.24) is 15.4 Å². The summed E-state index contributed by atoms with van der Waals surface area (Å²) in [6.07, 6.45) is 0. The van der Waals surface area contributed by atoms with E-state index in [1.54, 1.807) is 13.0 Å². The molecule has 0 bridgehead atoms. The van der Waals surface area contributed by atoms with Crippen molar-refractivity contribution in [3.8, 4) is 5.88 Å². The molecule has 1 fully saturated rings. The van der Waals surface area contributed by atoms with E-state index in [2.05, 4.69) is 21.4 Å². The highest BCUT2D eigenvalue weighted by Gasteiger charge is 2.13. The van der Waals surface area contributed by atoms with Crippen LogP contribution in [-0.2, 0) is 22.6 Å². The summed E-state index contributed by atoms with van der Waals surface area (Å²) in [4.78, 5) is 14.3. The number of hydrogen-bond donors (Lipinski definition) is 1. The second-order valence-corrected chi connectivity index (χ2v) is 6.00. The molecule has 2 aromatic rings. The first-order valence-corrected chi connectivity index (χ1v) is 8.40. The van der Waals surface area contributed by atoms with Crippen LogP contribution in [0.5, 0.6) is 5.88 Å². The number of nitrogens with zero attached hydrogens (tertiary/aromatic N) is 2. The van der Waals surface area contributed by atoms with Crippen LogP contribution < -0.4 is 10.1 Å². The fourth-order valence-electron chi connectivity index (χ4n) is 2.68. The first-order valence-electron chi connectivity index (χ1n) is 8.40. The molecule has 0 aliphatic carbocycles. The topological polar surface area (TPSA) is 76.8 Å². The molecule has 0 spiro atoms. The van der Waals surface area contributed by atoms with Gasteiger partial charge in [-0.25, -0.2) is 0 Å². The number of rotatable bonds is 7. The zero-order valence-electron chi connectivity index (χ0n) is 14.4. The Labute approximate surface area is 146 Å². The van der Waals surface area contributed by atoms with Gasteiger partial charge in [0.1, 0.15) is 5.76 Å². The number of carbonyl (C=O) groups is 1. The summed E-state index contributed by atoms with van der Waals surface area (Å²) >= 11 is 0. The van der Waals surface area contributed by atoms with Crippen LogP contribution in [0.25, 0.3) is 0 Å². The number of aromatic nitrogens is 1. The summed E-state index contributed by atoms with van der Waals surface area (Å²) in [6, 6.07) is 9.80. The highest BCUT2D eigenvalue weighted by atomic mass is 16.5. The van der Waals surface area contributed by atoms with Crippen molar-refractivity contribution in [1.29, 1.82) is 0 Å². The highest BCUT2D eigenvalue weighted by molar-refractivity contribution is 5.77. The minimum atomic E-state index is -0.193. The third-order valence-electron chi connectivity index (χ3n) is 4.05. The lowest BCUT2D eigenvalue weighted by Gasteiger charge is -2.27. The van der Waals surface area contributed by atoms with Crippen LogP contribution >= 0.6 is 0 Å². The Balaban J connectivity index is 1.49. The van der Waals surface area contributed by atoms with E-state index in [-0.39, 0.29) is 12.5 Å². The van der Waals surface area contributed by atoms with Gasteiger partial charge in [-0.3, -0.25) is 9.69 Å². The lowest BCUT2D eigenvalue weighted by molar-refractivity contribution is -0.123. The van der Waals surface area contributed by atoms with Crippen LogP contribution in [0.2, 0.25) is 0 Å². The van der Waals surface area contributed by atoms with E-state index in [9.17, 15) is 4.79 Å². The Hall–Kier alpha value is -2.38. The second-order valence-electron chi connectivity index (χ2n) is 6.00. The van der Waals surface area contributed by atoms with Gasteiger partial charge in [-0.1, -0.05) is 24.3 Å². The fraction of sp³-hybridized carbons (Fsp3) is 0.444. The molecule has 0 radical (unpaired) electrons. The average molecular weight is 345 g/mol. The molecule has 1 aliphatic heterocycles. The van der Waals surface area contributed by atoms with Gasteiger partial charge in [0.15, 0.2) is 6.61 Å². The van der Waals surface area contributed by atoms with E-state index in [1.165, 1.54) is 5.56 Å². The van der Waals surface area contributed by atoms with Gasteiger partial charge in [0.25, 0.3) is 11.8 Å². The number of hydrogen-bond acceptors (Lipinski definition) is 6. The van der Waals surface area contributed by atoms with E-state index in [0.717, 1.165) is 38.4 Å². The summed E-state index contributed by atoms with van der Waals surface area (Å²) in [7, 11) is 0. The third-order valence-corrected chi connectivity index (χ3v) is 4.05. The van der Waals surface area contributed by atoms with Crippen molar-refractivity contribution in [2.45, 2.75) is 20.0 Å². The Morgan fingerprint density at radius 1 is 1.28 bits per heavy atom. The summed E-state index contributed by atoms with van der Waals surface area (Å²) in [5.74, 6) is 0.773. The van der Waals surface area contributed by atoms with Gasteiger partial charge in [-0.15, -0.1) is 0 Å². The molecule has 134 valence electrons. The minimum Gasteiger partial charge on any atom is -0.465 e. The van der Waals surface area contributed by atoms with Gasteiger partial charge < -0.3 is 19.3 Å². The number of aryl methyl sites for hydroxylation is 1. The average Bonchev–Trinajstić information content (AvgIpc) is 3.05. The Morgan fingerprint density at radius 3 is 2.76 bits per heavy atom. The van der Waals surface area contributed by atoms with Crippen LogP contribution in [0.4, 0.5) is 0 Å². The lowest BCUT2D eigenvalue weighted by Crippen LogP contribution is -2.36. The minimum absolute atomic E-state index is 0.0857. The molecular formula is C18H23N3O4. The molecule has 1 N–H and O–H groups in total. The van der Waals surface area contributed by atoms with Gasteiger partial charge in [0.05, 0.1) is 13.2 Å². The number of carbonyl (C=O) groups excluding carboxylic acids is 1. The molecular weight excluding hydrogens is 322 g/mol. The van der Waals surface area contributed by atoms with E-state index < -0.39 is 0 Å². The first kappa shape index (κ1) is 17.4. The molecule has 7 heteroatoms. The zero-order valence-corrected chi connectivity index (χ0v) is 14.4. The molecule has 1 saturated heterocycles. The number of amides is 1. The Bertz CT molecular complexity index is 695. The van der Waals surface area contributed by atoms with E-state index >= 15 is 0 Å². The molecule has 1 amide bonds. The van der Waals surface area contributed by atoms with Gasteiger partial charge in [-0.05, 0) is 23.2 Å². The van der Waals surface area contributed by atoms with Crippen molar-refractivity contribution in [2.24, 2.45) is 0 Å². The molecule has 1 aliphatic rings. The highest BCUT2D eigenvalue weighted by Crippen LogP contribution is 2.13. The Morgan fingerprint density at radius 2 is 2.04 bits per heavy atom.